The van der Waals surface area contributed by atoms with E-state index in [-0.39, 0.29) is 17.1 Å². The molecule has 5 nitrogen and oxygen atoms in total. The number of hydrogen-bond donors (Lipinski definition) is 1. The predicted molar refractivity (Wildman–Crippen MR) is 132 cm³/mol. The van der Waals surface area contributed by atoms with Crippen molar-refractivity contribution < 1.29 is 19.4 Å². The molecule has 0 radical (unpaired) electrons. The van der Waals surface area contributed by atoms with Gasteiger partial charge in [0, 0.05) is 10.7 Å². The molecule has 6 heteroatoms. The number of hydrogen-bond acceptors (Lipinski definition) is 3. The van der Waals surface area contributed by atoms with E-state index in [1.807, 2.05) is 31.2 Å². The molecule has 2 aliphatic heterocycles. The van der Waals surface area contributed by atoms with Gasteiger partial charge in [0.25, 0.3) is 0 Å². The number of rotatable bonds is 4. The Morgan fingerprint density at radius 3 is 2.50 bits per heavy atom. The second-order valence-electron chi connectivity index (χ2n) is 9.86. The van der Waals surface area contributed by atoms with Gasteiger partial charge in [-0.25, -0.2) is 4.79 Å². The minimum absolute atomic E-state index is 0.0379. The van der Waals surface area contributed by atoms with Crippen molar-refractivity contribution in [2.24, 2.45) is 0 Å². The first-order valence-electron chi connectivity index (χ1n) is 11.4. The van der Waals surface area contributed by atoms with E-state index in [1.165, 1.54) is 0 Å². The summed E-state index contributed by atoms with van der Waals surface area (Å²) >= 11 is 6.38. The van der Waals surface area contributed by atoms with Gasteiger partial charge >= 0.3 is 5.97 Å². The summed E-state index contributed by atoms with van der Waals surface area (Å²) in [5.41, 5.74) is 3.66. The number of amides is 1. The molecule has 2 aliphatic rings. The largest absolute Gasteiger partial charge is 0.488 e. The lowest BCUT2D eigenvalue weighted by Gasteiger charge is -2.34. The number of aromatic carboxylic acids is 1. The number of ether oxygens (including phenoxy) is 1. The van der Waals surface area contributed by atoms with E-state index in [9.17, 15) is 14.7 Å². The topological polar surface area (TPSA) is 66.8 Å². The van der Waals surface area contributed by atoms with Crippen LogP contribution in [0, 0.1) is 0 Å². The summed E-state index contributed by atoms with van der Waals surface area (Å²) in [6.07, 6.45) is 1.80. The third-order valence-electron chi connectivity index (χ3n) is 7.02. The van der Waals surface area contributed by atoms with Crippen LogP contribution in [-0.4, -0.2) is 22.6 Å². The highest BCUT2D eigenvalue weighted by atomic mass is 35.5. The fourth-order valence-corrected chi connectivity index (χ4v) is 5.15. The first-order chi connectivity index (χ1) is 16.1. The minimum Gasteiger partial charge on any atom is -0.488 e. The molecule has 1 atom stereocenters. The smallest absolute Gasteiger partial charge is 0.335 e. The zero-order valence-corrected chi connectivity index (χ0v) is 20.1. The quantitative estimate of drug-likeness (QED) is 0.503. The zero-order valence-electron chi connectivity index (χ0n) is 19.4. The molecule has 0 unspecified atom stereocenters. The molecule has 0 saturated heterocycles. The average molecular weight is 476 g/mol. The van der Waals surface area contributed by atoms with Gasteiger partial charge in [-0.15, -0.1) is 0 Å². The second-order valence-corrected chi connectivity index (χ2v) is 10.3. The summed E-state index contributed by atoms with van der Waals surface area (Å²) in [5.74, 6) is -0.143. The first kappa shape index (κ1) is 22.5. The van der Waals surface area contributed by atoms with E-state index in [1.54, 1.807) is 35.2 Å². The van der Waals surface area contributed by atoms with Crippen LogP contribution in [0.3, 0.4) is 0 Å². The van der Waals surface area contributed by atoms with E-state index >= 15 is 0 Å². The van der Waals surface area contributed by atoms with Gasteiger partial charge in [0.05, 0.1) is 17.5 Å². The molecule has 0 fully saturated rings. The molecule has 5 rings (SSSR count). The number of nitrogens with zero attached hydrogens (tertiary/aromatic N) is 1. The van der Waals surface area contributed by atoms with Crippen LogP contribution in [0.2, 0.25) is 5.02 Å². The van der Waals surface area contributed by atoms with Gasteiger partial charge in [0.15, 0.2) is 0 Å². The number of carboxylic acids is 1. The van der Waals surface area contributed by atoms with Crippen molar-refractivity contribution in [2.45, 2.75) is 51.2 Å². The summed E-state index contributed by atoms with van der Waals surface area (Å²) in [7, 11) is 0. The predicted octanol–water partition coefficient (Wildman–Crippen LogP) is 5.99. The van der Waals surface area contributed by atoms with Crippen molar-refractivity contribution in [3.05, 3.63) is 93.5 Å². The van der Waals surface area contributed by atoms with Crippen LogP contribution < -0.4 is 9.64 Å². The lowest BCUT2D eigenvalue weighted by Crippen LogP contribution is -2.39. The van der Waals surface area contributed by atoms with Crippen LogP contribution in [0.5, 0.6) is 5.75 Å². The van der Waals surface area contributed by atoms with Crippen LogP contribution >= 0.6 is 11.6 Å². The molecule has 1 N–H and O–H groups in total. The van der Waals surface area contributed by atoms with Crippen LogP contribution in [-0.2, 0) is 23.2 Å². The fraction of sp³-hybridized carbons (Fsp3) is 0.286. The van der Waals surface area contributed by atoms with Crippen molar-refractivity contribution >= 4 is 29.2 Å². The van der Waals surface area contributed by atoms with Crippen LogP contribution in [0.15, 0.2) is 60.7 Å². The van der Waals surface area contributed by atoms with Gasteiger partial charge < -0.3 is 14.7 Å². The molecule has 1 amide bonds. The monoisotopic (exact) mass is 475 g/mol. The van der Waals surface area contributed by atoms with E-state index < -0.39 is 11.4 Å². The van der Waals surface area contributed by atoms with Crippen LogP contribution in [0.25, 0.3) is 0 Å². The molecule has 0 bridgehead atoms. The van der Waals surface area contributed by atoms with Crippen molar-refractivity contribution in [1.82, 2.24) is 0 Å². The van der Waals surface area contributed by atoms with Gasteiger partial charge in [-0.2, -0.15) is 0 Å². The summed E-state index contributed by atoms with van der Waals surface area (Å²) in [4.78, 5) is 27.0. The normalized spacial score (nSPS) is 20.5. The third-order valence-corrected chi connectivity index (χ3v) is 7.26. The number of carboxylic acid groups (broad SMARTS) is 1. The lowest BCUT2D eigenvalue weighted by molar-refractivity contribution is -0.121. The summed E-state index contributed by atoms with van der Waals surface area (Å²) in [5, 5.41) is 9.76. The highest BCUT2D eigenvalue weighted by Gasteiger charge is 2.49. The molecule has 0 spiro atoms. The zero-order chi connectivity index (χ0) is 24.3. The molecular weight excluding hydrogens is 450 g/mol. The number of aryl methyl sites for hydroxylation is 1. The Kier molecular flexibility index (Phi) is 5.21. The molecule has 0 saturated carbocycles. The number of benzene rings is 3. The summed E-state index contributed by atoms with van der Waals surface area (Å²) in [6.45, 7) is 6.47. The highest BCUT2D eigenvalue weighted by molar-refractivity contribution is 6.31. The highest BCUT2D eigenvalue weighted by Crippen LogP contribution is 2.48. The second kappa shape index (κ2) is 7.88. The molecule has 2 heterocycles. The Morgan fingerprint density at radius 2 is 1.79 bits per heavy atom. The van der Waals surface area contributed by atoms with Crippen LogP contribution in [0.4, 0.5) is 5.69 Å². The number of carbonyl (C=O) groups is 2. The van der Waals surface area contributed by atoms with Gasteiger partial charge in [0.2, 0.25) is 5.91 Å². The Hall–Kier alpha value is -3.31. The van der Waals surface area contributed by atoms with Gasteiger partial charge in [0.1, 0.15) is 11.4 Å². The van der Waals surface area contributed by atoms with Gasteiger partial charge in [-0.1, -0.05) is 35.9 Å². The number of fused-ring (bicyclic) bond motifs is 2. The van der Waals surface area contributed by atoms with E-state index in [2.05, 4.69) is 19.9 Å². The SMILES string of the molecule is CC1(C)CCc2cc([C@@]3(C)C(=O)N(Cc4ccc(C(=O)O)cc4)c4ccc(Cl)cc43)ccc2O1. The van der Waals surface area contributed by atoms with Crippen LogP contribution in [0.1, 0.15) is 59.8 Å². The lowest BCUT2D eigenvalue weighted by atomic mass is 9.76. The van der Waals surface area contributed by atoms with E-state index in [0.29, 0.717) is 11.6 Å². The number of anilines is 1. The standard InChI is InChI=1S/C28H26ClNO4/c1-27(2)13-12-19-14-20(8-11-24(19)34-27)28(3)22-15-21(29)9-10-23(22)30(26(28)33)16-17-4-6-18(7-5-17)25(31)32/h4-11,14-15H,12-13,16H2,1-3H3,(H,31,32)/t28-/m1/s1. The molecule has 34 heavy (non-hydrogen) atoms. The maximum Gasteiger partial charge on any atom is 0.335 e. The molecule has 0 aromatic heterocycles. The molecule has 0 aliphatic carbocycles. The summed E-state index contributed by atoms with van der Waals surface area (Å²) < 4.78 is 6.15. The fourth-order valence-electron chi connectivity index (χ4n) is 4.98. The average Bonchev–Trinajstić information content (AvgIpc) is 3.00. The van der Waals surface area contributed by atoms with E-state index in [4.69, 9.17) is 16.3 Å². The Labute approximate surface area is 203 Å². The number of carbonyl (C=O) groups excluding carboxylic acids is 1. The molecule has 3 aromatic carbocycles. The van der Waals surface area contributed by atoms with Crippen molar-refractivity contribution in [3.8, 4) is 5.75 Å². The van der Waals surface area contributed by atoms with E-state index in [0.717, 1.165) is 46.5 Å². The molecule has 3 aromatic rings. The minimum atomic E-state index is -0.976. The maximum atomic E-state index is 14.0. The molecular formula is C28H26ClNO4. The van der Waals surface area contributed by atoms with Crippen molar-refractivity contribution in [1.29, 1.82) is 0 Å². The Bertz CT molecular complexity index is 1310. The van der Waals surface area contributed by atoms with Gasteiger partial charge in [-0.05, 0) is 92.3 Å². The Morgan fingerprint density at radius 1 is 1.06 bits per heavy atom. The van der Waals surface area contributed by atoms with Gasteiger partial charge in [-0.3, -0.25) is 4.79 Å². The maximum absolute atomic E-state index is 14.0. The summed E-state index contributed by atoms with van der Waals surface area (Å²) in [6, 6.07) is 18.2. The molecule has 174 valence electrons. The Balaban J connectivity index is 1.55. The first-order valence-corrected chi connectivity index (χ1v) is 11.7. The van der Waals surface area contributed by atoms with Crippen molar-refractivity contribution in [2.75, 3.05) is 4.90 Å². The third kappa shape index (κ3) is 3.64. The number of halogens is 1. The van der Waals surface area contributed by atoms with Crippen molar-refractivity contribution in [3.63, 3.8) is 0 Å².